The zero-order valence-electron chi connectivity index (χ0n) is 13.5. The summed E-state index contributed by atoms with van der Waals surface area (Å²) in [6.07, 6.45) is 6.24. The quantitative estimate of drug-likeness (QED) is 0.505. The van der Waals surface area contributed by atoms with Crippen LogP contribution in [0.4, 0.5) is 0 Å². The number of hydrogen-bond donors (Lipinski definition) is 0. The predicted octanol–water partition coefficient (Wildman–Crippen LogP) is 2.90. The van der Waals surface area contributed by atoms with Crippen LogP contribution in [-0.2, 0) is 16.1 Å². The highest BCUT2D eigenvalue weighted by Crippen LogP contribution is 2.20. The van der Waals surface area contributed by atoms with E-state index in [0.717, 1.165) is 16.9 Å². The molecule has 0 amide bonds. The van der Waals surface area contributed by atoms with Gasteiger partial charge in [-0.1, -0.05) is 11.2 Å². The lowest BCUT2D eigenvalue weighted by molar-refractivity contribution is -0.139. The van der Waals surface area contributed by atoms with Crippen LogP contribution in [0.5, 0.6) is 5.75 Å². The molecule has 0 aliphatic heterocycles. The molecule has 1 aromatic carbocycles. The van der Waals surface area contributed by atoms with Gasteiger partial charge in [-0.25, -0.2) is 4.79 Å². The maximum atomic E-state index is 11.7. The Morgan fingerprint density at radius 2 is 2.08 bits per heavy atom. The molecule has 0 fully saturated rings. The van der Waals surface area contributed by atoms with Crippen molar-refractivity contribution in [2.75, 3.05) is 7.11 Å². The van der Waals surface area contributed by atoms with Crippen molar-refractivity contribution in [3.05, 3.63) is 66.3 Å². The summed E-state index contributed by atoms with van der Waals surface area (Å²) in [7, 11) is 1.59. The van der Waals surface area contributed by atoms with Crippen molar-refractivity contribution in [2.45, 2.75) is 6.61 Å². The second-order valence-corrected chi connectivity index (χ2v) is 4.97. The molecule has 0 atom stereocenters. The smallest absolute Gasteiger partial charge is 0.331 e. The first-order valence-electron chi connectivity index (χ1n) is 7.46. The minimum atomic E-state index is -0.500. The number of aromatic nitrogens is 3. The van der Waals surface area contributed by atoms with E-state index in [9.17, 15) is 4.79 Å². The molecule has 0 bridgehead atoms. The lowest BCUT2D eigenvalue weighted by Crippen LogP contribution is -2.02. The topological polar surface area (TPSA) is 87.3 Å². The van der Waals surface area contributed by atoms with E-state index in [1.807, 2.05) is 6.07 Å². The molecule has 2 heterocycles. The van der Waals surface area contributed by atoms with Crippen LogP contribution in [0.15, 0.2) is 59.4 Å². The molecule has 3 aromatic rings. The van der Waals surface area contributed by atoms with Gasteiger partial charge in [0, 0.05) is 24.0 Å². The summed E-state index contributed by atoms with van der Waals surface area (Å²) in [5.41, 5.74) is 1.56. The molecule has 0 saturated carbocycles. The van der Waals surface area contributed by atoms with Gasteiger partial charge in [-0.05, 0) is 42.0 Å². The summed E-state index contributed by atoms with van der Waals surface area (Å²) < 4.78 is 15.3. The summed E-state index contributed by atoms with van der Waals surface area (Å²) in [4.78, 5) is 19.9. The van der Waals surface area contributed by atoms with E-state index >= 15 is 0 Å². The number of rotatable bonds is 6. The van der Waals surface area contributed by atoms with Crippen molar-refractivity contribution in [1.82, 2.24) is 15.1 Å². The van der Waals surface area contributed by atoms with E-state index in [1.54, 1.807) is 55.9 Å². The first-order valence-corrected chi connectivity index (χ1v) is 7.46. The molecule has 0 spiro atoms. The van der Waals surface area contributed by atoms with Gasteiger partial charge in [0.2, 0.25) is 5.82 Å². The number of carbonyl (C=O) groups is 1. The Morgan fingerprint density at radius 1 is 1.24 bits per heavy atom. The Balaban J connectivity index is 1.56. The minimum absolute atomic E-state index is 0.0735. The second kappa shape index (κ2) is 7.87. The number of esters is 1. The van der Waals surface area contributed by atoms with Gasteiger partial charge in [0.05, 0.1) is 7.11 Å². The van der Waals surface area contributed by atoms with Crippen LogP contribution in [0.1, 0.15) is 11.4 Å². The molecule has 0 aliphatic carbocycles. The number of hydrogen-bond acceptors (Lipinski definition) is 7. The van der Waals surface area contributed by atoms with Crippen LogP contribution >= 0.6 is 0 Å². The standard InChI is InChI=1S/C18H15N3O4/c1-23-15-7-5-14(6-8-15)18-20-16(21-25-18)12-24-17(22)9-4-13-3-2-10-19-11-13/h2-11H,12H2,1H3/b9-4+. The Labute approximate surface area is 143 Å². The average Bonchev–Trinajstić information content (AvgIpc) is 3.14. The van der Waals surface area contributed by atoms with Gasteiger partial charge < -0.3 is 14.0 Å². The maximum absolute atomic E-state index is 11.7. The van der Waals surface area contributed by atoms with Crippen LogP contribution in [0.25, 0.3) is 17.5 Å². The predicted molar refractivity (Wildman–Crippen MR) is 89.4 cm³/mol. The number of ether oxygens (including phenoxy) is 2. The van der Waals surface area contributed by atoms with Crippen molar-refractivity contribution < 1.29 is 18.8 Å². The number of benzene rings is 1. The van der Waals surface area contributed by atoms with Crippen molar-refractivity contribution in [3.63, 3.8) is 0 Å². The third kappa shape index (κ3) is 4.51. The van der Waals surface area contributed by atoms with Gasteiger partial charge in [-0.15, -0.1) is 0 Å². The third-order valence-electron chi connectivity index (χ3n) is 3.24. The molecule has 0 unspecified atom stereocenters. The number of methoxy groups -OCH3 is 1. The number of pyridine rings is 1. The van der Waals surface area contributed by atoms with Gasteiger partial charge in [0.25, 0.3) is 5.89 Å². The van der Waals surface area contributed by atoms with Crippen molar-refractivity contribution >= 4 is 12.0 Å². The van der Waals surface area contributed by atoms with Crippen molar-refractivity contribution in [1.29, 1.82) is 0 Å². The number of carbonyl (C=O) groups excluding carboxylic acids is 1. The summed E-state index contributed by atoms with van der Waals surface area (Å²) in [6, 6.07) is 10.8. The zero-order chi connectivity index (χ0) is 17.5. The third-order valence-corrected chi connectivity index (χ3v) is 3.24. The first kappa shape index (κ1) is 16.4. The Bertz CT molecular complexity index is 858. The highest BCUT2D eigenvalue weighted by molar-refractivity contribution is 5.86. The Kier molecular flexibility index (Phi) is 5.16. The summed E-state index contributed by atoms with van der Waals surface area (Å²) >= 11 is 0. The van der Waals surface area contributed by atoms with Crippen LogP contribution in [0, 0.1) is 0 Å². The molecular formula is C18H15N3O4. The lowest BCUT2D eigenvalue weighted by atomic mass is 10.2. The minimum Gasteiger partial charge on any atom is -0.497 e. The second-order valence-electron chi connectivity index (χ2n) is 4.97. The van der Waals surface area contributed by atoms with Gasteiger partial charge in [-0.2, -0.15) is 4.98 Å². The van der Waals surface area contributed by atoms with E-state index in [4.69, 9.17) is 14.0 Å². The number of nitrogens with zero attached hydrogens (tertiary/aromatic N) is 3. The fraction of sp³-hybridized carbons (Fsp3) is 0.111. The molecule has 126 valence electrons. The maximum Gasteiger partial charge on any atom is 0.331 e. The van der Waals surface area contributed by atoms with Crippen LogP contribution in [-0.4, -0.2) is 28.2 Å². The molecule has 2 aromatic heterocycles. The summed E-state index contributed by atoms with van der Waals surface area (Å²) in [5, 5.41) is 3.80. The molecule has 0 saturated heterocycles. The van der Waals surface area contributed by atoms with Crippen molar-refractivity contribution in [2.24, 2.45) is 0 Å². The van der Waals surface area contributed by atoms with Crippen LogP contribution in [0.2, 0.25) is 0 Å². The fourth-order valence-corrected chi connectivity index (χ4v) is 1.99. The van der Waals surface area contributed by atoms with Gasteiger partial charge >= 0.3 is 5.97 Å². The molecular weight excluding hydrogens is 322 g/mol. The monoisotopic (exact) mass is 337 g/mol. The molecule has 25 heavy (non-hydrogen) atoms. The van der Waals surface area contributed by atoms with Gasteiger partial charge in [0.1, 0.15) is 5.75 Å². The molecule has 0 radical (unpaired) electrons. The van der Waals surface area contributed by atoms with Crippen molar-refractivity contribution in [3.8, 4) is 17.2 Å². The first-order chi connectivity index (χ1) is 12.2. The molecule has 0 N–H and O–H groups in total. The largest absolute Gasteiger partial charge is 0.497 e. The normalized spacial score (nSPS) is 10.8. The van der Waals surface area contributed by atoms with E-state index in [0.29, 0.717) is 5.89 Å². The Hall–Kier alpha value is -3.48. The molecule has 7 nitrogen and oxygen atoms in total. The van der Waals surface area contributed by atoms with E-state index < -0.39 is 5.97 Å². The highest BCUT2D eigenvalue weighted by Gasteiger charge is 2.10. The SMILES string of the molecule is COc1ccc(-c2nc(COC(=O)/C=C/c3cccnc3)no2)cc1. The zero-order valence-corrected chi connectivity index (χ0v) is 13.5. The molecule has 0 aliphatic rings. The fourth-order valence-electron chi connectivity index (χ4n) is 1.99. The van der Waals surface area contributed by atoms with Gasteiger partial charge in [0.15, 0.2) is 6.61 Å². The Morgan fingerprint density at radius 3 is 2.80 bits per heavy atom. The lowest BCUT2D eigenvalue weighted by Gasteiger charge is -1.99. The van der Waals surface area contributed by atoms with Crippen LogP contribution in [0.3, 0.4) is 0 Å². The molecule has 7 heteroatoms. The van der Waals surface area contributed by atoms with Crippen LogP contribution < -0.4 is 4.74 Å². The molecule has 3 rings (SSSR count). The van der Waals surface area contributed by atoms with E-state index in [2.05, 4.69) is 15.1 Å². The van der Waals surface area contributed by atoms with E-state index in [-0.39, 0.29) is 12.4 Å². The average molecular weight is 337 g/mol. The highest BCUT2D eigenvalue weighted by atomic mass is 16.5. The van der Waals surface area contributed by atoms with Gasteiger partial charge in [-0.3, -0.25) is 4.98 Å². The summed E-state index contributed by atoms with van der Waals surface area (Å²) in [6.45, 7) is -0.0735. The van der Waals surface area contributed by atoms with E-state index in [1.165, 1.54) is 6.08 Å². The summed E-state index contributed by atoms with van der Waals surface area (Å²) in [5.74, 6) is 0.867.